The van der Waals surface area contributed by atoms with E-state index in [0.717, 1.165) is 20.0 Å². The van der Waals surface area contributed by atoms with Gasteiger partial charge >= 0.3 is 0 Å². The molecule has 0 N–H and O–H groups in total. The molecule has 6 nitrogen and oxygen atoms in total. The lowest BCUT2D eigenvalue weighted by Gasteiger charge is -2.17. The third kappa shape index (κ3) is 3.56. The number of Topliss-reactive ketones (excluding diaryl/α,β-unsaturated/α-hetero) is 1. The summed E-state index contributed by atoms with van der Waals surface area (Å²) >= 11 is 3.42. The van der Waals surface area contributed by atoms with E-state index in [1.54, 1.807) is 24.3 Å². The number of hydrogen-bond acceptors (Lipinski definition) is 5. The Morgan fingerprint density at radius 1 is 1.22 bits per heavy atom. The molecule has 2 aliphatic rings. The monoisotopic (exact) mass is 448 g/mol. The highest BCUT2D eigenvalue weighted by atomic mass is 79.9. The van der Waals surface area contributed by atoms with Gasteiger partial charge in [-0.1, -0.05) is 45.8 Å². The lowest BCUT2D eigenvalue weighted by Crippen LogP contribution is -2.27. The highest BCUT2D eigenvalue weighted by Crippen LogP contribution is 2.32. The Bertz CT molecular complexity index is 1030. The summed E-state index contributed by atoms with van der Waals surface area (Å²) in [6.45, 7) is 2.33. The molecule has 1 fully saturated rings. The lowest BCUT2D eigenvalue weighted by atomic mass is 9.92. The van der Waals surface area contributed by atoms with Crippen LogP contribution in [0.2, 0.25) is 0 Å². The second kappa shape index (κ2) is 6.85. The summed E-state index contributed by atoms with van der Waals surface area (Å²) in [7, 11) is -3.84. The number of halogens is 1. The molecule has 2 aliphatic heterocycles. The number of hydrogen-bond donors (Lipinski definition) is 0. The summed E-state index contributed by atoms with van der Waals surface area (Å²) in [5, 5.41) is 4.22. The molecule has 140 valence electrons. The minimum Gasteiger partial charge on any atom is -0.364 e. The van der Waals surface area contributed by atoms with Crippen LogP contribution in [0.5, 0.6) is 0 Å². The first kappa shape index (κ1) is 18.3. The van der Waals surface area contributed by atoms with Crippen molar-refractivity contribution >= 4 is 37.4 Å². The summed E-state index contributed by atoms with van der Waals surface area (Å²) in [5.41, 5.74) is 2.03. The van der Waals surface area contributed by atoms with Gasteiger partial charge in [0.15, 0.2) is 0 Å². The van der Waals surface area contributed by atoms with Crippen LogP contribution in [0, 0.1) is 6.92 Å². The Hall–Kier alpha value is -2.03. The van der Waals surface area contributed by atoms with Crippen molar-refractivity contribution in [2.24, 2.45) is 5.10 Å². The van der Waals surface area contributed by atoms with E-state index in [1.165, 1.54) is 0 Å². The van der Waals surface area contributed by atoms with E-state index in [0.29, 0.717) is 6.61 Å². The first-order chi connectivity index (χ1) is 12.9. The van der Waals surface area contributed by atoms with Gasteiger partial charge in [-0.05, 0) is 36.8 Å². The Balaban J connectivity index is 1.72. The zero-order valence-corrected chi connectivity index (χ0v) is 16.9. The van der Waals surface area contributed by atoms with Crippen LogP contribution in [-0.4, -0.2) is 43.6 Å². The number of benzene rings is 2. The van der Waals surface area contributed by atoms with E-state index in [4.69, 9.17) is 4.74 Å². The largest absolute Gasteiger partial charge is 0.364 e. The van der Waals surface area contributed by atoms with Gasteiger partial charge in [0.25, 0.3) is 10.0 Å². The van der Waals surface area contributed by atoms with Gasteiger partial charge < -0.3 is 4.74 Å². The number of rotatable bonds is 5. The molecule has 0 bridgehead atoms. The van der Waals surface area contributed by atoms with Crippen LogP contribution in [0.25, 0.3) is 0 Å². The highest BCUT2D eigenvalue weighted by Gasteiger charge is 2.43. The van der Waals surface area contributed by atoms with Crippen molar-refractivity contribution < 1.29 is 17.9 Å². The molecule has 0 aliphatic carbocycles. The van der Waals surface area contributed by atoms with Crippen LogP contribution in [0.1, 0.15) is 17.0 Å². The Morgan fingerprint density at radius 3 is 2.56 bits per heavy atom. The number of carbonyl (C=O) groups is 1. The molecule has 27 heavy (non-hydrogen) atoms. The minimum atomic E-state index is -3.84. The summed E-state index contributed by atoms with van der Waals surface area (Å²) in [6, 6.07) is 14.1. The molecule has 2 aromatic rings. The maximum Gasteiger partial charge on any atom is 0.279 e. The number of ether oxygens (including phenoxy) is 1. The molecule has 0 unspecified atom stereocenters. The van der Waals surface area contributed by atoms with Gasteiger partial charge in [0.05, 0.1) is 24.0 Å². The molecular formula is C19H17BrN2O4S. The van der Waals surface area contributed by atoms with Crippen molar-refractivity contribution in [1.29, 1.82) is 0 Å². The number of hydrazone groups is 1. The molecule has 0 spiro atoms. The molecule has 0 amide bonds. The third-order valence-electron chi connectivity index (χ3n) is 4.61. The second-order valence-electron chi connectivity index (χ2n) is 6.60. The molecule has 2 heterocycles. The van der Waals surface area contributed by atoms with Gasteiger partial charge in [-0.3, -0.25) is 4.79 Å². The van der Waals surface area contributed by atoms with Crippen molar-refractivity contribution in [3.8, 4) is 0 Å². The van der Waals surface area contributed by atoms with Crippen molar-refractivity contribution in [2.45, 2.75) is 23.8 Å². The molecule has 4 rings (SSSR count). The summed E-state index contributed by atoms with van der Waals surface area (Å²) in [4.78, 5) is 12.8. The predicted octanol–water partition coefficient (Wildman–Crippen LogP) is 2.87. The molecule has 0 saturated carbocycles. The number of epoxide rings is 1. The fourth-order valence-electron chi connectivity index (χ4n) is 3.03. The van der Waals surface area contributed by atoms with Crippen LogP contribution in [0.4, 0.5) is 0 Å². The maximum atomic E-state index is 13.0. The summed E-state index contributed by atoms with van der Waals surface area (Å²) < 4.78 is 33.0. The molecular weight excluding hydrogens is 432 g/mol. The average Bonchev–Trinajstić information content (AvgIpc) is 3.39. The van der Waals surface area contributed by atoms with Crippen molar-refractivity contribution in [2.75, 3.05) is 13.2 Å². The van der Waals surface area contributed by atoms with Gasteiger partial charge in [0.2, 0.25) is 5.78 Å². The zero-order chi connectivity index (χ0) is 19.2. The maximum absolute atomic E-state index is 13.0. The summed E-state index contributed by atoms with van der Waals surface area (Å²) in [5.74, 6) is -0.680. The molecule has 2 atom stereocenters. The van der Waals surface area contributed by atoms with E-state index in [2.05, 4.69) is 21.0 Å². The van der Waals surface area contributed by atoms with E-state index in [9.17, 15) is 13.2 Å². The topological polar surface area (TPSA) is 79.3 Å². The predicted molar refractivity (Wildman–Crippen MR) is 104 cm³/mol. The van der Waals surface area contributed by atoms with Crippen molar-refractivity contribution in [1.82, 2.24) is 4.41 Å². The fraction of sp³-hybridized carbons (Fsp3) is 0.263. The van der Waals surface area contributed by atoms with Gasteiger partial charge in [-0.25, -0.2) is 0 Å². The molecule has 1 saturated heterocycles. The fourth-order valence-corrected chi connectivity index (χ4v) is 4.71. The number of aryl methyl sites for hydroxylation is 1. The number of carbonyl (C=O) groups excluding carboxylic acids is 1. The van der Waals surface area contributed by atoms with E-state index < -0.39 is 22.0 Å². The molecule has 8 heteroatoms. The standard InChI is InChI=1S/C19H17BrN2O4S/c1-12-5-7-15(8-6-12)27(24,25)22-10-16(13-3-2-4-14(20)9-13)18(21-22)19(23)17-11-26-17/h2-9,16-17H,10-11H2,1H3/t16-,17-/m1/s1. The van der Waals surface area contributed by atoms with E-state index in [-0.39, 0.29) is 22.9 Å². The smallest absolute Gasteiger partial charge is 0.279 e. The van der Waals surface area contributed by atoms with Crippen LogP contribution in [0.3, 0.4) is 0 Å². The van der Waals surface area contributed by atoms with Crippen LogP contribution < -0.4 is 0 Å². The SMILES string of the molecule is Cc1ccc(S(=O)(=O)N2C[C@H](c3cccc(Br)c3)C(C(=O)[C@H]3CO3)=N2)cc1. The quantitative estimate of drug-likeness (QED) is 0.658. The van der Waals surface area contributed by atoms with Crippen LogP contribution >= 0.6 is 15.9 Å². The Morgan fingerprint density at radius 2 is 1.93 bits per heavy atom. The minimum absolute atomic E-state index is 0.0838. The van der Waals surface area contributed by atoms with Gasteiger partial charge in [-0.2, -0.15) is 17.9 Å². The second-order valence-corrected chi connectivity index (χ2v) is 9.36. The van der Waals surface area contributed by atoms with Crippen molar-refractivity contribution in [3.05, 3.63) is 64.1 Å². The normalized spacial score (nSPS) is 21.9. The molecule has 0 aromatic heterocycles. The molecule has 0 radical (unpaired) electrons. The zero-order valence-electron chi connectivity index (χ0n) is 14.5. The summed E-state index contributed by atoms with van der Waals surface area (Å²) in [6.07, 6.45) is -0.513. The van der Waals surface area contributed by atoms with Crippen LogP contribution in [0.15, 0.2) is 63.0 Å². The highest BCUT2D eigenvalue weighted by molar-refractivity contribution is 9.10. The van der Waals surface area contributed by atoms with Gasteiger partial charge in [0.1, 0.15) is 11.8 Å². The Kier molecular flexibility index (Phi) is 4.65. The number of sulfonamides is 1. The van der Waals surface area contributed by atoms with Gasteiger partial charge in [0, 0.05) is 4.47 Å². The molecule has 2 aromatic carbocycles. The first-order valence-corrected chi connectivity index (χ1v) is 10.7. The Labute approximate surface area is 166 Å². The van der Waals surface area contributed by atoms with E-state index >= 15 is 0 Å². The third-order valence-corrected chi connectivity index (χ3v) is 6.76. The van der Waals surface area contributed by atoms with Crippen molar-refractivity contribution in [3.63, 3.8) is 0 Å². The van der Waals surface area contributed by atoms with E-state index in [1.807, 2.05) is 31.2 Å². The lowest BCUT2D eigenvalue weighted by molar-refractivity contribution is -0.114. The first-order valence-electron chi connectivity index (χ1n) is 8.45. The average molecular weight is 449 g/mol. The number of nitrogens with zero attached hydrogens (tertiary/aromatic N) is 2. The number of ketones is 1. The van der Waals surface area contributed by atoms with Gasteiger partial charge in [-0.15, -0.1) is 0 Å². The van der Waals surface area contributed by atoms with Crippen LogP contribution in [-0.2, 0) is 19.6 Å².